The molecule has 0 aliphatic carbocycles. The summed E-state index contributed by atoms with van der Waals surface area (Å²) in [5, 5.41) is 3.77. The Morgan fingerprint density at radius 3 is 3.13 bits per heavy atom. The van der Waals surface area contributed by atoms with Crippen molar-refractivity contribution >= 4 is 0 Å². The zero-order valence-corrected chi connectivity index (χ0v) is 8.94. The molecule has 2 rings (SSSR count). The minimum absolute atomic E-state index is 0.363. The molecular formula is C10H16N4O. The first-order chi connectivity index (χ1) is 7.16. The van der Waals surface area contributed by atoms with Gasteiger partial charge in [-0.3, -0.25) is 0 Å². The van der Waals surface area contributed by atoms with Gasteiger partial charge in [0.15, 0.2) is 5.82 Å². The molecule has 15 heavy (non-hydrogen) atoms. The van der Waals surface area contributed by atoms with Crippen molar-refractivity contribution in [3.8, 4) is 0 Å². The van der Waals surface area contributed by atoms with E-state index in [9.17, 15) is 0 Å². The highest BCUT2D eigenvalue weighted by molar-refractivity contribution is 4.98. The van der Waals surface area contributed by atoms with Crippen LogP contribution in [-0.4, -0.2) is 27.6 Å². The zero-order valence-electron chi connectivity index (χ0n) is 8.94. The molecule has 0 spiro atoms. The van der Waals surface area contributed by atoms with E-state index >= 15 is 0 Å². The van der Waals surface area contributed by atoms with E-state index in [0.29, 0.717) is 23.6 Å². The lowest BCUT2D eigenvalue weighted by molar-refractivity contribution is 0.284. The van der Waals surface area contributed by atoms with Crippen LogP contribution in [-0.2, 0) is 6.42 Å². The van der Waals surface area contributed by atoms with Crippen molar-refractivity contribution in [3.05, 3.63) is 24.1 Å². The highest BCUT2D eigenvalue weighted by Crippen LogP contribution is 2.22. The van der Waals surface area contributed by atoms with Crippen molar-refractivity contribution in [2.24, 2.45) is 5.73 Å². The second-order valence-corrected chi connectivity index (χ2v) is 3.92. The van der Waals surface area contributed by atoms with Gasteiger partial charge in [-0.2, -0.15) is 4.98 Å². The molecule has 1 aromatic heterocycles. The van der Waals surface area contributed by atoms with Gasteiger partial charge in [-0.15, -0.1) is 0 Å². The van der Waals surface area contributed by atoms with Crippen LogP contribution >= 0.6 is 0 Å². The predicted octanol–water partition coefficient (Wildman–Crippen LogP) is 0.815. The van der Waals surface area contributed by atoms with Gasteiger partial charge < -0.3 is 15.2 Å². The summed E-state index contributed by atoms with van der Waals surface area (Å²) in [7, 11) is 0. The summed E-state index contributed by atoms with van der Waals surface area (Å²) in [5.41, 5.74) is 5.71. The number of hydrogen-bond acceptors (Lipinski definition) is 5. The highest BCUT2D eigenvalue weighted by atomic mass is 16.5. The number of hydrogen-bond donors (Lipinski definition) is 1. The second kappa shape index (κ2) is 3.92. The predicted molar refractivity (Wildman–Crippen MR) is 55.8 cm³/mol. The van der Waals surface area contributed by atoms with Crippen LogP contribution in [0, 0.1) is 6.92 Å². The van der Waals surface area contributed by atoms with Gasteiger partial charge in [0.25, 0.3) is 0 Å². The van der Waals surface area contributed by atoms with Gasteiger partial charge in [0.2, 0.25) is 5.89 Å². The normalized spacial score (nSPS) is 20.9. The van der Waals surface area contributed by atoms with Crippen LogP contribution in [0.2, 0.25) is 0 Å². The van der Waals surface area contributed by atoms with Crippen molar-refractivity contribution in [2.75, 3.05) is 6.54 Å². The molecule has 2 heterocycles. The highest BCUT2D eigenvalue weighted by Gasteiger charge is 2.26. The molecule has 0 bridgehead atoms. The average molecular weight is 208 g/mol. The molecule has 2 N–H and O–H groups in total. The average Bonchev–Trinajstić information content (AvgIpc) is 2.75. The zero-order chi connectivity index (χ0) is 10.8. The molecule has 1 aliphatic rings. The molecule has 1 atom stereocenters. The van der Waals surface area contributed by atoms with Crippen LogP contribution in [0.25, 0.3) is 0 Å². The van der Waals surface area contributed by atoms with E-state index in [0.717, 1.165) is 25.8 Å². The topological polar surface area (TPSA) is 68.2 Å². The van der Waals surface area contributed by atoms with Gasteiger partial charge >= 0.3 is 0 Å². The Morgan fingerprint density at radius 1 is 1.73 bits per heavy atom. The number of rotatable bonds is 3. The van der Waals surface area contributed by atoms with E-state index in [-0.39, 0.29) is 0 Å². The summed E-state index contributed by atoms with van der Waals surface area (Å²) in [5.74, 6) is 2.00. The summed E-state index contributed by atoms with van der Waals surface area (Å²) < 4.78 is 5.10. The first kappa shape index (κ1) is 10.0. The van der Waals surface area contributed by atoms with Crippen LogP contribution in [0.5, 0.6) is 0 Å². The lowest BCUT2D eigenvalue weighted by atomic mass is 10.1. The number of nitrogens with two attached hydrogens (primary N) is 1. The van der Waals surface area contributed by atoms with Crippen LogP contribution < -0.4 is 5.73 Å². The maximum Gasteiger partial charge on any atom is 0.228 e. The van der Waals surface area contributed by atoms with E-state index in [4.69, 9.17) is 10.3 Å². The van der Waals surface area contributed by atoms with Crippen LogP contribution in [0.1, 0.15) is 24.6 Å². The molecule has 82 valence electrons. The summed E-state index contributed by atoms with van der Waals surface area (Å²) >= 11 is 0. The van der Waals surface area contributed by atoms with E-state index in [1.807, 2.05) is 6.92 Å². The Hall–Kier alpha value is -1.52. The maximum atomic E-state index is 5.71. The summed E-state index contributed by atoms with van der Waals surface area (Å²) in [6, 6.07) is 0.363. The van der Waals surface area contributed by atoms with Gasteiger partial charge in [0, 0.05) is 19.0 Å². The largest absolute Gasteiger partial charge is 0.386 e. The van der Waals surface area contributed by atoms with Crippen LogP contribution in [0.4, 0.5) is 0 Å². The molecule has 0 amide bonds. The molecular weight excluding hydrogens is 192 g/mol. The Morgan fingerprint density at radius 2 is 2.53 bits per heavy atom. The summed E-state index contributed by atoms with van der Waals surface area (Å²) in [4.78, 5) is 6.30. The molecule has 0 unspecified atom stereocenters. The number of nitrogens with zero attached hydrogens (tertiary/aromatic N) is 3. The second-order valence-electron chi connectivity index (χ2n) is 3.92. The first-order valence-electron chi connectivity index (χ1n) is 5.17. The molecule has 5 heteroatoms. The van der Waals surface area contributed by atoms with Crippen molar-refractivity contribution in [3.63, 3.8) is 0 Å². The molecule has 0 saturated carbocycles. The molecule has 1 aliphatic heterocycles. The minimum Gasteiger partial charge on any atom is -0.386 e. The Balaban J connectivity index is 2.02. The number of aromatic nitrogens is 2. The fraction of sp³-hybridized carbons (Fsp3) is 0.600. The molecule has 5 nitrogen and oxygen atoms in total. The minimum atomic E-state index is 0.363. The third-order valence-corrected chi connectivity index (χ3v) is 2.73. The summed E-state index contributed by atoms with van der Waals surface area (Å²) in [6.45, 7) is 6.57. The van der Waals surface area contributed by atoms with Crippen molar-refractivity contribution in [2.45, 2.75) is 32.2 Å². The molecule has 1 fully saturated rings. The molecule has 1 saturated heterocycles. The van der Waals surface area contributed by atoms with Gasteiger partial charge in [-0.25, -0.2) is 0 Å². The summed E-state index contributed by atoms with van der Waals surface area (Å²) in [6.07, 6.45) is 3.02. The maximum absolute atomic E-state index is 5.71. The van der Waals surface area contributed by atoms with E-state index < -0.39 is 0 Å². The Kier molecular flexibility index (Phi) is 2.62. The first-order valence-corrected chi connectivity index (χ1v) is 5.17. The van der Waals surface area contributed by atoms with E-state index in [1.165, 1.54) is 0 Å². The third-order valence-electron chi connectivity index (χ3n) is 2.73. The Bertz CT molecular complexity index is 360. The SMILES string of the molecule is C=C(N)N1CCC[C@H]1Cc1nc(C)no1. The Labute approximate surface area is 88.9 Å². The van der Waals surface area contributed by atoms with E-state index in [2.05, 4.69) is 21.6 Å². The smallest absolute Gasteiger partial charge is 0.228 e. The fourth-order valence-corrected chi connectivity index (χ4v) is 2.05. The lowest BCUT2D eigenvalue weighted by Gasteiger charge is -2.24. The van der Waals surface area contributed by atoms with Crippen LogP contribution in [0.15, 0.2) is 16.9 Å². The molecule has 1 aromatic rings. The third kappa shape index (κ3) is 2.11. The lowest BCUT2D eigenvalue weighted by Crippen LogP contribution is -2.33. The van der Waals surface area contributed by atoms with E-state index in [1.54, 1.807) is 0 Å². The number of likely N-dealkylation sites (tertiary alicyclic amines) is 1. The molecule has 0 aromatic carbocycles. The quantitative estimate of drug-likeness (QED) is 0.796. The monoisotopic (exact) mass is 208 g/mol. The van der Waals surface area contributed by atoms with Gasteiger partial charge in [0.05, 0.1) is 5.82 Å². The number of aryl methyl sites for hydroxylation is 1. The van der Waals surface area contributed by atoms with Crippen molar-refractivity contribution in [1.29, 1.82) is 0 Å². The standard InChI is InChI=1S/C10H16N4O/c1-7(11)14-5-3-4-9(14)6-10-12-8(2)13-15-10/h9H,1,3-6,11H2,2H3/t9-/m0/s1. The molecule has 0 radical (unpaired) electrons. The van der Waals surface area contributed by atoms with Crippen molar-refractivity contribution < 1.29 is 4.52 Å². The van der Waals surface area contributed by atoms with Crippen molar-refractivity contribution in [1.82, 2.24) is 15.0 Å². The van der Waals surface area contributed by atoms with Gasteiger partial charge in [-0.05, 0) is 19.8 Å². The van der Waals surface area contributed by atoms with Gasteiger partial charge in [-0.1, -0.05) is 11.7 Å². The van der Waals surface area contributed by atoms with Gasteiger partial charge in [0.1, 0.15) is 0 Å². The van der Waals surface area contributed by atoms with Crippen LogP contribution in [0.3, 0.4) is 0 Å². The fourth-order valence-electron chi connectivity index (χ4n) is 2.05.